The number of carbonyl (C=O) groups excluding carboxylic acids is 1. The van der Waals surface area contributed by atoms with Crippen molar-refractivity contribution in [2.24, 2.45) is 46.3 Å². The summed E-state index contributed by atoms with van der Waals surface area (Å²) in [6, 6.07) is 0. The number of esters is 1. The van der Waals surface area contributed by atoms with Crippen LogP contribution in [0.1, 0.15) is 189 Å². The quantitative estimate of drug-likeness (QED) is 0.0814. The molecule has 0 spiro atoms. The summed E-state index contributed by atoms with van der Waals surface area (Å²) in [7, 11) is 0. The van der Waals surface area contributed by atoms with E-state index < -0.39 is 0 Å². The van der Waals surface area contributed by atoms with Gasteiger partial charge in [-0.1, -0.05) is 123 Å². The molecule has 0 aromatic carbocycles. The van der Waals surface area contributed by atoms with Crippen molar-refractivity contribution in [3.8, 4) is 0 Å². The molecule has 3 saturated carbocycles. The third kappa shape index (κ3) is 9.75. The van der Waals surface area contributed by atoms with E-state index in [4.69, 9.17) is 4.74 Å². The maximum atomic E-state index is 12.8. The van der Waals surface area contributed by atoms with E-state index in [0.29, 0.717) is 17.3 Å². The fraction of sp³-hybridized carbons (Fsp3) is 0.884. The molecule has 0 aromatic rings. The molecular weight excluding hydrogens is 548 g/mol. The van der Waals surface area contributed by atoms with Crippen molar-refractivity contribution >= 4 is 5.97 Å². The largest absolute Gasteiger partial charge is 0.462 e. The molecule has 4 rings (SSSR count). The fourth-order valence-electron chi connectivity index (χ4n) is 11.0. The summed E-state index contributed by atoms with van der Waals surface area (Å²) in [6.07, 6.45) is 36.5. The lowest BCUT2D eigenvalue weighted by molar-refractivity contribution is -0.151. The average Bonchev–Trinajstić information content (AvgIpc) is 3.37. The lowest BCUT2D eigenvalue weighted by atomic mass is 9.47. The van der Waals surface area contributed by atoms with Crippen LogP contribution in [-0.2, 0) is 9.53 Å². The first-order valence-electron chi connectivity index (χ1n) is 20.2. The highest BCUT2D eigenvalue weighted by molar-refractivity contribution is 5.69. The number of carbonyl (C=O) groups is 1. The first kappa shape index (κ1) is 36.8. The molecule has 0 aliphatic heterocycles. The Bertz CT molecular complexity index is 945. The van der Waals surface area contributed by atoms with Gasteiger partial charge in [-0.3, -0.25) is 4.79 Å². The number of unbranched alkanes of at least 4 members (excludes halogenated alkanes) is 9. The van der Waals surface area contributed by atoms with Gasteiger partial charge in [0.1, 0.15) is 6.10 Å². The molecule has 0 N–H and O–H groups in total. The molecule has 0 radical (unpaired) electrons. The van der Waals surface area contributed by atoms with Gasteiger partial charge in [-0.15, -0.1) is 0 Å². The van der Waals surface area contributed by atoms with Gasteiger partial charge < -0.3 is 4.74 Å². The van der Waals surface area contributed by atoms with Crippen LogP contribution in [0, 0.1) is 46.3 Å². The minimum atomic E-state index is 0.0526. The summed E-state index contributed by atoms with van der Waals surface area (Å²) in [5.74, 6) is 5.32. The van der Waals surface area contributed by atoms with E-state index in [1.807, 2.05) is 0 Å². The summed E-state index contributed by atoms with van der Waals surface area (Å²) in [5.41, 5.74) is 2.53. The van der Waals surface area contributed by atoms with Crippen LogP contribution < -0.4 is 0 Å². The second-order valence-corrected chi connectivity index (χ2v) is 17.3. The second kappa shape index (κ2) is 17.9. The van der Waals surface area contributed by atoms with Gasteiger partial charge in [0.15, 0.2) is 0 Å². The van der Waals surface area contributed by atoms with E-state index in [1.165, 1.54) is 116 Å². The van der Waals surface area contributed by atoms with Crippen molar-refractivity contribution in [3.05, 3.63) is 23.8 Å². The maximum absolute atomic E-state index is 12.8. The average molecular weight is 623 g/mol. The van der Waals surface area contributed by atoms with Crippen molar-refractivity contribution < 1.29 is 9.53 Å². The van der Waals surface area contributed by atoms with Crippen LogP contribution in [0.2, 0.25) is 0 Å². The van der Waals surface area contributed by atoms with E-state index in [-0.39, 0.29) is 12.1 Å². The Morgan fingerprint density at radius 3 is 2.29 bits per heavy atom. The highest BCUT2D eigenvalue weighted by atomic mass is 16.5. The first-order chi connectivity index (χ1) is 21.7. The molecule has 0 saturated heterocycles. The van der Waals surface area contributed by atoms with Crippen molar-refractivity contribution in [1.82, 2.24) is 0 Å². The number of ether oxygens (including phenoxy) is 1. The molecule has 8 atom stereocenters. The van der Waals surface area contributed by atoms with Crippen LogP contribution in [0.4, 0.5) is 0 Å². The van der Waals surface area contributed by atoms with E-state index >= 15 is 0 Å². The van der Waals surface area contributed by atoms with Crippen molar-refractivity contribution in [1.29, 1.82) is 0 Å². The van der Waals surface area contributed by atoms with Gasteiger partial charge in [-0.25, -0.2) is 0 Å². The van der Waals surface area contributed by atoms with Crippen molar-refractivity contribution in [2.45, 2.75) is 195 Å². The normalized spacial score (nSPS) is 33.5. The lowest BCUT2D eigenvalue weighted by Gasteiger charge is -2.58. The first-order valence-corrected chi connectivity index (χ1v) is 20.2. The van der Waals surface area contributed by atoms with Crippen LogP contribution in [0.25, 0.3) is 0 Å². The van der Waals surface area contributed by atoms with E-state index in [2.05, 4.69) is 59.8 Å². The number of hydrogen-bond acceptors (Lipinski definition) is 2. The summed E-state index contributed by atoms with van der Waals surface area (Å²) < 4.78 is 6.11. The summed E-state index contributed by atoms with van der Waals surface area (Å²) in [5, 5.41) is 0. The Hall–Kier alpha value is -1.05. The minimum absolute atomic E-state index is 0.0526. The molecule has 0 aromatic heterocycles. The minimum Gasteiger partial charge on any atom is -0.462 e. The summed E-state index contributed by atoms with van der Waals surface area (Å²) >= 11 is 0. The second-order valence-electron chi connectivity index (χ2n) is 17.3. The number of fused-ring (bicyclic) bond motifs is 5. The van der Waals surface area contributed by atoms with E-state index in [1.54, 1.807) is 5.57 Å². The molecule has 258 valence electrons. The molecule has 4 aliphatic carbocycles. The van der Waals surface area contributed by atoms with Gasteiger partial charge in [0.25, 0.3) is 0 Å². The van der Waals surface area contributed by atoms with Gasteiger partial charge in [0.05, 0.1) is 0 Å². The van der Waals surface area contributed by atoms with Crippen LogP contribution in [0.3, 0.4) is 0 Å². The van der Waals surface area contributed by atoms with Gasteiger partial charge >= 0.3 is 5.97 Å². The SMILES string of the molecule is CCCCCC/C=C\CCCCCCCC(=O)O[C@H]1CC[C@@]2(C)C(=CC[C@H]3[C@@H]4CC[C@H]([C@H](C)CCCC(C)C)[C@@]4(C)CC[C@@H]32)C1. The third-order valence-corrected chi connectivity index (χ3v) is 13.7. The van der Waals surface area contributed by atoms with Crippen molar-refractivity contribution in [2.75, 3.05) is 0 Å². The van der Waals surface area contributed by atoms with Gasteiger partial charge in [0.2, 0.25) is 0 Å². The van der Waals surface area contributed by atoms with E-state index in [0.717, 1.165) is 61.2 Å². The smallest absolute Gasteiger partial charge is 0.306 e. The Morgan fingerprint density at radius 2 is 1.56 bits per heavy atom. The molecule has 0 heterocycles. The Morgan fingerprint density at radius 1 is 0.844 bits per heavy atom. The third-order valence-electron chi connectivity index (χ3n) is 13.7. The van der Waals surface area contributed by atoms with Gasteiger partial charge in [-0.05, 0) is 123 Å². The molecule has 0 bridgehead atoms. The zero-order chi connectivity index (χ0) is 32.3. The predicted octanol–water partition coefficient (Wildman–Crippen LogP) is 13.2. The highest BCUT2D eigenvalue weighted by Gasteiger charge is 2.59. The maximum Gasteiger partial charge on any atom is 0.306 e. The molecule has 2 heteroatoms. The van der Waals surface area contributed by atoms with Gasteiger partial charge in [0, 0.05) is 12.8 Å². The number of allylic oxidation sites excluding steroid dienone is 3. The van der Waals surface area contributed by atoms with Crippen LogP contribution in [0.15, 0.2) is 23.8 Å². The van der Waals surface area contributed by atoms with Crippen LogP contribution in [-0.4, -0.2) is 12.1 Å². The van der Waals surface area contributed by atoms with Crippen molar-refractivity contribution in [3.63, 3.8) is 0 Å². The zero-order valence-corrected chi connectivity index (χ0v) is 30.9. The Labute approximate surface area is 280 Å². The monoisotopic (exact) mass is 623 g/mol. The van der Waals surface area contributed by atoms with Crippen LogP contribution >= 0.6 is 0 Å². The number of hydrogen-bond donors (Lipinski definition) is 0. The zero-order valence-electron chi connectivity index (χ0n) is 30.9. The predicted molar refractivity (Wildman–Crippen MR) is 193 cm³/mol. The molecule has 0 unspecified atom stereocenters. The molecule has 0 amide bonds. The van der Waals surface area contributed by atoms with E-state index in [9.17, 15) is 4.79 Å². The van der Waals surface area contributed by atoms with Crippen LogP contribution in [0.5, 0.6) is 0 Å². The summed E-state index contributed by atoms with van der Waals surface area (Å²) in [6.45, 7) is 14.9. The van der Waals surface area contributed by atoms with Gasteiger partial charge in [-0.2, -0.15) is 0 Å². The Kier molecular flexibility index (Phi) is 14.6. The lowest BCUT2D eigenvalue weighted by Crippen LogP contribution is -2.51. The number of rotatable bonds is 19. The molecular formula is C43H74O2. The standard InChI is InChI=1S/C43H74O2/c1-7-8-9-10-11-12-13-14-15-16-17-18-19-23-41(44)45-36-28-30-42(5)35(32-36)24-25-37-39-27-26-38(34(4)22-20-21-33(2)3)43(39,6)31-29-40(37)42/h12-13,24,33-34,36-40H,7-11,14-23,25-32H2,1-6H3/b13-12-/t34-,36+,37+,38-,39+,40+,42+,43-/m1/s1. The Balaban J connectivity index is 1.16. The highest BCUT2D eigenvalue weighted by Crippen LogP contribution is 2.67. The fourth-order valence-corrected chi connectivity index (χ4v) is 11.0. The molecule has 3 fully saturated rings. The molecule has 45 heavy (non-hydrogen) atoms. The molecule has 4 aliphatic rings. The topological polar surface area (TPSA) is 26.3 Å². The summed E-state index contributed by atoms with van der Waals surface area (Å²) in [4.78, 5) is 12.8. The molecule has 2 nitrogen and oxygen atoms in total.